The Labute approximate surface area is 114 Å². The molecule has 18 heavy (non-hydrogen) atoms. The lowest BCUT2D eigenvalue weighted by molar-refractivity contribution is 0.111. The molecule has 0 saturated heterocycles. The Hall–Kier alpha value is -1.49. The van der Waals surface area contributed by atoms with Gasteiger partial charge in [-0.1, -0.05) is 15.9 Å². The van der Waals surface area contributed by atoms with E-state index in [1.165, 1.54) is 0 Å². The number of hydrogen-bond acceptors (Lipinski definition) is 3. The highest BCUT2D eigenvalue weighted by Crippen LogP contribution is 2.26. The molecule has 2 heterocycles. The third-order valence-corrected chi connectivity index (χ3v) is 3.31. The summed E-state index contributed by atoms with van der Waals surface area (Å²) in [6.45, 7) is 4.16. The van der Waals surface area contributed by atoms with Crippen molar-refractivity contribution < 1.29 is 4.79 Å². The summed E-state index contributed by atoms with van der Waals surface area (Å²) in [6, 6.07) is 4.04. The lowest BCUT2D eigenvalue weighted by Crippen LogP contribution is -2.06. The Morgan fingerprint density at radius 1 is 1.50 bits per heavy atom. The van der Waals surface area contributed by atoms with Crippen LogP contribution in [0, 0.1) is 0 Å². The molecule has 0 amide bonds. The molecule has 0 aliphatic heterocycles. The number of carbonyl (C=O) groups is 1. The van der Waals surface area contributed by atoms with Gasteiger partial charge in [-0.15, -0.1) is 0 Å². The minimum absolute atomic E-state index is 0.281. The first-order valence-corrected chi connectivity index (χ1v) is 6.83. The van der Waals surface area contributed by atoms with Crippen LogP contribution >= 0.6 is 15.9 Å². The monoisotopic (exact) mass is 307 g/mol. The van der Waals surface area contributed by atoms with Crippen LogP contribution in [0.4, 0.5) is 0 Å². The van der Waals surface area contributed by atoms with E-state index in [2.05, 4.69) is 39.9 Å². The average Bonchev–Trinajstić information content (AvgIpc) is 2.87. The molecular weight excluding hydrogens is 294 g/mol. The number of rotatable bonds is 4. The smallest absolute Gasteiger partial charge is 0.168 e. The second-order valence-corrected chi connectivity index (χ2v) is 4.83. The van der Waals surface area contributed by atoms with E-state index in [0.717, 1.165) is 23.1 Å². The van der Waals surface area contributed by atoms with Gasteiger partial charge in [0.05, 0.1) is 5.69 Å². The Kier molecular flexibility index (Phi) is 3.91. The van der Waals surface area contributed by atoms with Gasteiger partial charge >= 0.3 is 0 Å². The molecule has 0 spiro atoms. The van der Waals surface area contributed by atoms with Crippen molar-refractivity contribution in [3.8, 4) is 11.3 Å². The average molecular weight is 308 g/mol. The number of carbonyl (C=O) groups excluding carboxylic acids is 1. The van der Waals surface area contributed by atoms with Gasteiger partial charge < -0.3 is 0 Å². The second-order valence-electron chi connectivity index (χ2n) is 4.27. The normalized spacial score (nSPS) is 10.9. The summed E-state index contributed by atoms with van der Waals surface area (Å²) in [6.07, 6.45) is 4.27. The highest BCUT2D eigenvalue weighted by molar-refractivity contribution is 9.08. The van der Waals surface area contributed by atoms with Crippen molar-refractivity contribution in [2.75, 3.05) is 0 Å². The summed E-state index contributed by atoms with van der Waals surface area (Å²) in [5.74, 6) is 0. The van der Waals surface area contributed by atoms with Gasteiger partial charge in [-0.25, -0.2) is 0 Å². The molecule has 2 rings (SSSR count). The van der Waals surface area contributed by atoms with E-state index in [1.807, 2.05) is 10.7 Å². The zero-order valence-corrected chi connectivity index (χ0v) is 11.9. The fraction of sp³-hybridized carbons (Fsp3) is 0.308. The highest BCUT2D eigenvalue weighted by atomic mass is 79.9. The zero-order valence-electron chi connectivity index (χ0n) is 10.3. The quantitative estimate of drug-likeness (QED) is 0.643. The Bertz CT molecular complexity index is 563. The van der Waals surface area contributed by atoms with Crippen molar-refractivity contribution in [2.45, 2.75) is 25.2 Å². The fourth-order valence-corrected chi connectivity index (χ4v) is 2.32. The third kappa shape index (κ3) is 2.36. The minimum atomic E-state index is 0.281. The van der Waals surface area contributed by atoms with Crippen molar-refractivity contribution >= 4 is 22.2 Å². The Morgan fingerprint density at radius 3 is 2.89 bits per heavy atom. The SMILES string of the molecule is CC(C)n1nccc1-c1cnc(C=O)cc1CBr. The van der Waals surface area contributed by atoms with E-state index in [9.17, 15) is 4.79 Å². The van der Waals surface area contributed by atoms with Crippen LogP contribution in [-0.4, -0.2) is 21.1 Å². The molecule has 0 saturated carbocycles. The molecule has 0 fully saturated rings. The standard InChI is InChI=1S/C13H14BrN3O/c1-9(2)17-13(3-4-16-17)12-7-15-11(8-18)5-10(12)6-14/h3-5,7-9H,6H2,1-2H3. The summed E-state index contributed by atoms with van der Waals surface area (Å²) in [5, 5.41) is 4.99. The van der Waals surface area contributed by atoms with E-state index in [4.69, 9.17) is 0 Å². The third-order valence-electron chi connectivity index (χ3n) is 2.71. The predicted octanol–water partition coefficient (Wildman–Crippen LogP) is 3.23. The van der Waals surface area contributed by atoms with Gasteiger partial charge in [0.15, 0.2) is 6.29 Å². The highest BCUT2D eigenvalue weighted by Gasteiger charge is 2.12. The largest absolute Gasteiger partial charge is 0.296 e. The van der Waals surface area contributed by atoms with Crippen molar-refractivity contribution in [1.29, 1.82) is 0 Å². The first-order chi connectivity index (χ1) is 8.67. The van der Waals surface area contributed by atoms with Crippen molar-refractivity contribution in [2.24, 2.45) is 0 Å². The number of pyridine rings is 1. The molecule has 0 aromatic carbocycles. The summed E-state index contributed by atoms with van der Waals surface area (Å²) in [4.78, 5) is 14.9. The molecule has 4 nitrogen and oxygen atoms in total. The first kappa shape index (κ1) is 13.0. The second kappa shape index (κ2) is 5.44. The van der Waals surface area contributed by atoms with Crippen LogP contribution in [0.1, 0.15) is 35.9 Å². The van der Waals surface area contributed by atoms with Crippen LogP contribution in [-0.2, 0) is 5.33 Å². The van der Waals surface area contributed by atoms with Gasteiger partial charge in [-0.3, -0.25) is 14.5 Å². The zero-order chi connectivity index (χ0) is 13.1. The van der Waals surface area contributed by atoms with E-state index >= 15 is 0 Å². The maximum atomic E-state index is 10.8. The molecule has 94 valence electrons. The molecule has 0 aliphatic rings. The van der Waals surface area contributed by atoms with Gasteiger partial charge in [0, 0.05) is 29.3 Å². The maximum Gasteiger partial charge on any atom is 0.168 e. The van der Waals surface area contributed by atoms with E-state index in [-0.39, 0.29) is 6.04 Å². The number of alkyl halides is 1. The fourth-order valence-electron chi connectivity index (χ4n) is 1.86. The maximum absolute atomic E-state index is 10.8. The number of aldehydes is 1. The van der Waals surface area contributed by atoms with Gasteiger partial charge in [0.2, 0.25) is 0 Å². The molecule has 0 atom stereocenters. The van der Waals surface area contributed by atoms with Crippen LogP contribution in [0.2, 0.25) is 0 Å². The van der Waals surface area contributed by atoms with Crippen molar-refractivity contribution in [3.63, 3.8) is 0 Å². The number of aromatic nitrogens is 3. The van der Waals surface area contributed by atoms with E-state index in [1.54, 1.807) is 18.5 Å². The van der Waals surface area contributed by atoms with Crippen LogP contribution in [0.3, 0.4) is 0 Å². The molecule has 5 heteroatoms. The summed E-state index contributed by atoms with van der Waals surface area (Å²) >= 11 is 3.45. The topological polar surface area (TPSA) is 47.8 Å². The van der Waals surface area contributed by atoms with Crippen LogP contribution < -0.4 is 0 Å². The molecular formula is C13H14BrN3O. The molecule has 0 radical (unpaired) electrons. The minimum Gasteiger partial charge on any atom is -0.296 e. The summed E-state index contributed by atoms with van der Waals surface area (Å²) in [5.41, 5.74) is 3.51. The molecule has 2 aromatic rings. The molecule has 2 aromatic heterocycles. The van der Waals surface area contributed by atoms with Crippen LogP contribution in [0.5, 0.6) is 0 Å². The number of nitrogens with zero attached hydrogens (tertiary/aromatic N) is 3. The Balaban J connectivity index is 2.56. The van der Waals surface area contributed by atoms with Crippen molar-refractivity contribution in [3.05, 3.63) is 35.8 Å². The van der Waals surface area contributed by atoms with Gasteiger partial charge in [0.1, 0.15) is 5.69 Å². The number of halogens is 1. The summed E-state index contributed by atoms with van der Waals surface area (Å²) < 4.78 is 1.95. The van der Waals surface area contributed by atoms with Gasteiger partial charge in [-0.05, 0) is 31.5 Å². The first-order valence-electron chi connectivity index (χ1n) is 5.71. The Morgan fingerprint density at radius 2 is 2.28 bits per heavy atom. The van der Waals surface area contributed by atoms with Crippen molar-refractivity contribution in [1.82, 2.24) is 14.8 Å². The molecule has 0 N–H and O–H groups in total. The van der Waals surface area contributed by atoms with Gasteiger partial charge in [0.25, 0.3) is 0 Å². The lowest BCUT2D eigenvalue weighted by atomic mass is 10.1. The molecule has 0 bridgehead atoms. The number of hydrogen-bond donors (Lipinski definition) is 0. The van der Waals surface area contributed by atoms with Crippen LogP contribution in [0.25, 0.3) is 11.3 Å². The molecule has 0 aliphatic carbocycles. The summed E-state index contributed by atoms with van der Waals surface area (Å²) in [7, 11) is 0. The van der Waals surface area contributed by atoms with Crippen LogP contribution in [0.15, 0.2) is 24.5 Å². The predicted molar refractivity (Wildman–Crippen MR) is 73.9 cm³/mol. The van der Waals surface area contributed by atoms with E-state index < -0.39 is 0 Å². The van der Waals surface area contributed by atoms with E-state index in [0.29, 0.717) is 11.0 Å². The van der Waals surface area contributed by atoms with Gasteiger partial charge in [-0.2, -0.15) is 5.10 Å². The lowest BCUT2D eigenvalue weighted by Gasteiger charge is -2.13. The molecule has 0 unspecified atom stereocenters.